The standard InChI is InChI=1S/C15H17N4OP/c1-10-6-16-14-13(10)18-9-19-15(14)17-7-11-2-4-12(5-3-11)8-21-20/h2-6,9,16,20-21H,7-8H2,1H3,(H,17,18,19). The molecule has 0 aliphatic rings. The van der Waals surface area contributed by atoms with E-state index in [1.165, 1.54) is 5.56 Å². The molecule has 0 spiro atoms. The molecule has 0 fully saturated rings. The van der Waals surface area contributed by atoms with E-state index < -0.39 is 0 Å². The van der Waals surface area contributed by atoms with Gasteiger partial charge in [-0.15, -0.1) is 0 Å². The van der Waals surface area contributed by atoms with E-state index in [0.717, 1.165) is 34.1 Å². The number of aromatic nitrogens is 3. The molecule has 2 aromatic heterocycles. The molecule has 1 unspecified atom stereocenters. The van der Waals surface area contributed by atoms with Crippen LogP contribution in [0, 0.1) is 6.92 Å². The number of nitrogens with one attached hydrogen (secondary N) is 2. The maximum atomic E-state index is 8.94. The van der Waals surface area contributed by atoms with Crippen molar-refractivity contribution in [2.75, 3.05) is 5.32 Å². The van der Waals surface area contributed by atoms with Gasteiger partial charge >= 0.3 is 0 Å². The Bertz CT molecular complexity index is 739. The van der Waals surface area contributed by atoms with Crippen molar-refractivity contribution in [3.05, 3.63) is 53.5 Å². The summed E-state index contributed by atoms with van der Waals surface area (Å²) in [6.07, 6.45) is 4.24. The van der Waals surface area contributed by atoms with Crippen molar-refractivity contribution in [2.24, 2.45) is 0 Å². The predicted molar refractivity (Wildman–Crippen MR) is 86.6 cm³/mol. The number of hydrogen-bond acceptors (Lipinski definition) is 4. The first kappa shape index (κ1) is 14.0. The number of aryl methyl sites for hydroxylation is 1. The summed E-state index contributed by atoms with van der Waals surface area (Å²) in [4.78, 5) is 20.7. The van der Waals surface area contributed by atoms with E-state index in [-0.39, 0.29) is 8.81 Å². The summed E-state index contributed by atoms with van der Waals surface area (Å²) in [6.45, 7) is 2.72. The zero-order chi connectivity index (χ0) is 14.7. The normalized spacial score (nSPS) is 11.5. The van der Waals surface area contributed by atoms with Crippen LogP contribution >= 0.6 is 8.81 Å². The van der Waals surface area contributed by atoms with Crippen molar-refractivity contribution in [1.82, 2.24) is 15.0 Å². The molecule has 3 aromatic rings. The highest BCUT2D eigenvalue weighted by Gasteiger charge is 2.07. The van der Waals surface area contributed by atoms with Gasteiger partial charge in [-0.05, 0) is 23.6 Å². The van der Waals surface area contributed by atoms with Gasteiger partial charge in [-0.1, -0.05) is 24.3 Å². The third kappa shape index (κ3) is 3.04. The Kier molecular flexibility index (Phi) is 4.13. The maximum Gasteiger partial charge on any atom is 0.154 e. The number of hydrogen-bond donors (Lipinski definition) is 3. The molecule has 1 atom stereocenters. The van der Waals surface area contributed by atoms with E-state index >= 15 is 0 Å². The molecule has 0 saturated heterocycles. The average Bonchev–Trinajstić information content (AvgIpc) is 2.89. The molecular weight excluding hydrogens is 283 g/mol. The summed E-state index contributed by atoms with van der Waals surface area (Å²) in [7, 11) is -0.0350. The van der Waals surface area contributed by atoms with E-state index in [1.807, 2.05) is 13.1 Å². The van der Waals surface area contributed by atoms with Gasteiger partial charge in [-0.3, -0.25) is 0 Å². The van der Waals surface area contributed by atoms with Gasteiger partial charge in [-0.25, -0.2) is 9.97 Å². The predicted octanol–water partition coefficient (Wildman–Crippen LogP) is 2.96. The molecule has 0 aliphatic heterocycles. The minimum atomic E-state index is -0.0350. The maximum absolute atomic E-state index is 8.94. The second-order valence-electron chi connectivity index (χ2n) is 4.92. The van der Waals surface area contributed by atoms with Gasteiger partial charge in [-0.2, -0.15) is 0 Å². The molecule has 5 nitrogen and oxygen atoms in total. The van der Waals surface area contributed by atoms with Crippen molar-refractivity contribution in [2.45, 2.75) is 19.6 Å². The van der Waals surface area contributed by atoms with E-state index in [1.54, 1.807) is 6.33 Å². The van der Waals surface area contributed by atoms with Gasteiger partial charge < -0.3 is 15.2 Å². The van der Waals surface area contributed by atoms with E-state index in [2.05, 4.69) is 44.5 Å². The molecule has 0 radical (unpaired) electrons. The zero-order valence-corrected chi connectivity index (χ0v) is 12.7. The molecule has 3 rings (SSSR count). The highest BCUT2D eigenvalue weighted by Crippen LogP contribution is 2.21. The Labute approximate surface area is 124 Å². The first-order chi connectivity index (χ1) is 10.3. The molecule has 0 bridgehead atoms. The Hall–Kier alpha value is -1.97. The number of rotatable bonds is 5. The molecule has 21 heavy (non-hydrogen) atoms. The molecule has 0 aliphatic carbocycles. The van der Waals surface area contributed by atoms with Gasteiger partial charge in [0.15, 0.2) is 5.82 Å². The van der Waals surface area contributed by atoms with Crippen LogP contribution in [0.5, 0.6) is 0 Å². The third-order valence-corrected chi connectivity index (χ3v) is 3.99. The van der Waals surface area contributed by atoms with Gasteiger partial charge in [0.25, 0.3) is 0 Å². The lowest BCUT2D eigenvalue weighted by atomic mass is 10.1. The lowest BCUT2D eigenvalue weighted by Gasteiger charge is -2.07. The molecule has 0 amide bonds. The molecule has 108 valence electrons. The fourth-order valence-corrected chi connectivity index (χ4v) is 2.67. The van der Waals surface area contributed by atoms with Crippen molar-refractivity contribution in [1.29, 1.82) is 0 Å². The lowest BCUT2D eigenvalue weighted by molar-refractivity contribution is 0.644. The number of benzene rings is 1. The first-order valence-electron chi connectivity index (χ1n) is 6.75. The van der Waals surface area contributed by atoms with Crippen LogP contribution in [0.2, 0.25) is 0 Å². The molecule has 0 saturated carbocycles. The van der Waals surface area contributed by atoms with Crippen LogP contribution in [-0.4, -0.2) is 19.8 Å². The fourth-order valence-electron chi connectivity index (χ4n) is 2.26. The zero-order valence-electron chi connectivity index (χ0n) is 11.7. The topological polar surface area (TPSA) is 73.8 Å². The largest absolute Gasteiger partial charge is 0.377 e. The highest BCUT2D eigenvalue weighted by atomic mass is 31.1. The molecule has 6 heteroatoms. The molecule has 1 aromatic carbocycles. The summed E-state index contributed by atoms with van der Waals surface area (Å²) < 4.78 is 0. The second-order valence-corrected chi connectivity index (χ2v) is 5.59. The van der Waals surface area contributed by atoms with Crippen LogP contribution in [0.15, 0.2) is 36.8 Å². The number of nitrogens with zero attached hydrogens (tertiary/aromatic N) is 2. The summed E-state index contributed by atoms with van der Waals surface area (Å²) >= 11 is 0. The second kappa shape index (κ2) is 6.20. The fraction of sp³-hybridized carbons (Fsp3) is 0.200. The molecule has 2 heterocycles. The lowest BCUT2D eigenvalue weighted by Crippen LogP contribution is -2.02. The summed E-state index contributed by atoms with van der Waals surface area (Å²) in [5, 5.41) is 3.34. The Morgan fingerprint density at radius 3 is 2.71 bits per heavy atom. The van der Waals surface area contributed by atoms with Gasteiger partial charge in [0.2, 0.25) is 0 Å². The SMILES string of the molecule is Cc1c[nH]c2c(NCc3ccc(CPO)cc3)ncnc12. The average molecular weight is 300 g/mol. The summed E-state index contributed by atoms with van der Waals surface area (Å²) in [5.74, 6) is 0.814. The monoisotopic (exact) mass is 300 g/mol. The van der Waals surface area contributed by atoms with E-state index in [9.17, 15) is 0 Å². The van der Waals surface area contributed by atoms with Crippen LogP contribution in [-0.2, 0) is 12.7 Å². The molecule has 3 N–H and O–H groups in total. The summed E-state index contributed by atoms with van der Waals surface area (Å²) in [6, 6.07) is 8.24. The Morgan fingerprint density at radius 1 is 1.19 bits per heavy atom. The van der Waals surface area contributed by atoms with Crippen LogP contribution in [0.25, 0.3) is 11.0 Å². The Morgan fingerprint density at radius 2 is 1.95 bits per heavy atom. The van der Waals surface area contributed by atoms with Crippen molar-refractivity contribution in [3.8, 4) is 0 Å². The van der Waals surface area contributed by atoms with Crippen LogP contribution in [0.3, 0.4) is 0 Å². The van der Waals surface area contributed by atoms with Crippen molar-refractivity contribution >= 4 is 25.7 Å². The minimum absolute atomic E-state index is 0.0350. The highest BCUT2D eigenvalue weighted by molar-refractivity contribution is 7.30. The minimum Gasteiger partial charge on any atom is -0.377 e. The van der Waals surface area contributed by atoms with Crippen LogP contribution in [0.1, 0.15) is 16.7 Å². The van der Waals surface area contributed by atoms with Gasteiger partial charge in [0.1, 0.15) is 11.8 Å². The van der Waals surface area contributed by atoms with Gasteiger partial charge in [0, 0.05) is 27.7 Å². The van der Waals surface area contributed by atoms with Crippen molar-refractivity contribution in [3.63, 3.8) is 0 Å². The summed E-state index contributed by atoms with van der Waals surface area (Å²) in [5.41, 5.74) is 5.34. The quantitative estimate of drug-likeness (QED) is 0.633. The molecular formula is C15H17N4OP. The van der Waals surface area contributed by atoms with E-state index in [4.69, 9.17) is 4.89 Å². The third-order valence-electron chi connectivity index (χ3n) is 3.42. The van der Waals surface area contributed by atoms with Crippen molar-refractivity contribution < 1.29 is 4.89 Å². The number of H-pyrrole nitrogens is 1. The smallest absolute Gasteiger partial charge is 0.154 e. The first-order valence-corrected chi connectivity index (χ1v) is 7.90. The van der Waals surface area contributed by atoms with Crippen LogP contribution < -0.4 is 5.32 Å². The number of anilines is 1. The van der Waals surface area contributed by atoms with Crippen LogP contribution in [0.4, 0.5) is 5.82 Å². The van der Waals surface area contributed by atoms with E-state index in [0.29, 0.717) is 6.54 Å². The Balaban J connectivity index is 1.74. The van der Waals surface area contributed by atoms with Gasteiger partial charge in [0.05, 0.1) is 5.52 Å². The number of fused-ring (bicyclic) bond motifs is 1. The number of aromatic amines is 1.